The molecule has 1 unspecified atom stereocenters. The van der Waals surface area contributed by atoms with Gasteiger partial charge in [0.15, 0.2) is 0 Å². The fraction of sp³-hybridized carbons (Fsp3) is 0.346. The molecule has 1 aromatic heterocycles. The molecule has 1 saturated heterocycles. The van der Waals surface area contributed by atoms with Crippen molar-refractivity contribution in [3.8, 4) is 0 Å². The highest BCUT2D eigenvalue weighted by Gasteiger charge is 2.26. The minimum Gasteiger partial charge on any atom is -0.369 e. The predicted octanol–water partition coefficient (Wildman–Crippen LogP) is 4.27. The van der Waals surface area contributed by atoms with Crippen LogP contribution >= 0.6 is 0 Å². The van der Waals surface area contributed by atoms with E-state index in [4.69, 9.17) is 0 Å². The first kappa shape index (κ1) is 21.8. The van der Waals surface area contributed by atoms with E-state index in [1.165, 1.54) is 10.2 Å². The second-order valence-electron chi connectivity index (χ2n) is 8.75. The van der Waals surface area contributed by atoms with Crippen LogP contribution in [0.25, 0.3) is 0 Å². The molecule has 1 aliphatic rings. The maximum absolute atomic E-state index is 12.9. The molecule has 0 aliphatic carbocycles. The zero-order valence-corrected chi connectivity index (χ0v) is 18.7. The Morgan fingerprint density at radius 3 is 2.69 bits per heavy atom. The highest BCUT2D eigenvalue weighted by Crippen LogP contribution is 2.24. The Balaban J connectivity index is 1.42. The molecule has 3 aromatic rings. The molecule has 0 saturated carbocycles. The quantitative estimate of drug-likeness (QED) is 0.634. The Labute approximate surface area is 188 Å². The van der Waals surface area contributed by atoms with Crippen molar-refractivity contribution in [2.45, 2.75) is 39.2 Å². The van der Waals surface area contributed by atoms with Gasteiger partial charge in [-0.05, 0) is 42.0 Å². The summed E-state index contributed by atoms with van der Waals surface area (Å²) in [5.41, 5.74) is 3.71. The number of carbonyl (C=O) groups is 1. The van der Waals surface area contributed by atoms with E-state index in [1.54, 1.807) is 12.3 Å². The second-order valence-corrected chi connectivity index (χ2v) is 8.75. The average Bonchev–Trinajstić information content (AvgIpc) is 2.81. The first-order valence-corrected chi connectivity index (χ1v) is 11.3. The fourth-order valence-corrected chi connectivity index (χ4v) is 4.12. The van der Waals surface area contributed by atoms with Gasteiger partial charge in [0.25, 0.3) is 5.56 Å². The van der Waals surface area contributed by atoms with Crippen molar-refractivity contribution in [2.24, 2.45) is 5.92 Å². The first-order chi connectivity index (χ1) is 15.5. The lowest BCUT2D eigenvalue weighted by Gasteiger charge is -2.33. The van der Waals surface area contributed by atoms with Crippen molar-refractivity contribution in [3.63, 3.8) is 0 Å². The third kappa shape index (κ3) is 5.25. The minimum absolute atomic E-state index is 0.0287. The molecule has 4 rings (SSSR count). The Kier molecular flexibility index (Phi) is 6.69. The molecule has 6 nitrogen and oxygen atoms in total. The van der Waals surface area contributed by atoms with Crippen molar-refractivity contribution in [1.29, 1.82) is 0 Å². The smallest absolute Gasteiger partial charge is 0.269 e. The van der Waals surface area contributed by atoms with Crippen LogP contribution in [0.1, 0.15) is 43.7 Å². The van der Waals surface area contributed by atoms with E-state index >= 15 is 0 Å². The van der Waals surface area contributed by atoms with Gasteiger partial charge in [0, 0.05) is 24.8 Å². The standard InChI is InChI=1S/C26H30N4O2/c1-19(2)21-10-6-12-23(14-21)28-26(32)22-11-7-13-29(18-22)24-15-25(31)30(27-16-24)17-20-8-4-3-5-9-20/h3-6,8-10,12,14-16,19,22H,7,11,13,17-18H2,1-2H3,(H,28,32). The van der Waals surface area contributed by atoms with E-state index in [0.29, 0.717) is 19.0 Å². The van der Waals surface area contributed by atoms with Gasteiger partial charge in [-0.25, -0.2) is 4.68 Å². The normalized spacial score (nSPS) is 16.2. The molecule has 1 amide bonds. The number of anilines is 2. The van der Waals surface area contributed by atoms with Gasteiger partial charge in [0.1, 0.15) is 0 Å². The van der Waals surface area contributed by atoms with Gasteiger partial charge in [0.05, 0.1) is 24.3 Å². The van der Waals surface area contributed by atoms with E-state index in [2.05, 4.69) is 35.2 Å². The van der Waals surface area contributed by atoms with Crippen LogP contribution in [0.3, 0.4) is 0 Å². The fourth-order valence-electron chi connectivity index (χ4n) is 4.12. The molecular weight excluding hydrogens is 400 g/mol. The molecule has 6 heteroatoms. The Hall–Kier alpha value is -3.41. The molecule has 2 heterocycles. The van der Waals surface area contributed by atoms with Crippen molar-refractivity contribution < 1.29 is 4.79 Å². The SMILES string of the molecule is CC(C)c1cccc(NC(=O)C2CCCN(c3cnn(Cc4ccccc4)c(=O)c3)C2)c1. The number of amides is 1. The van der Waals surface area contributed by atoms with Crippen molar-refractivity contribution in [3.05, 3.63) is 88.3 Å². The molecular formula is C26H30N4O2. The third-order valence-corrected chi connectivity index (χ3v) is 6.01. The maximum Gasteiger partial charge on any atom is 0.269 e. The molecule has 1 atom stereocenters. The topological polar surface area (TPSA) is 67.2 Å². The summed E-state index contributed by atoms with van der Waals surface area (Å²) >= 11 is 0. The molecule has 1 fully saturated rings. The Morgan fingerprint density at radius 2 is 1.94 bits per heavy atom. The van der Waals surface area contributed by atoms with Gasteiger partial charge in [-0.2, -0.15) is 5.10 Å². The Morgan fingerprint density at radius 1 is 1.12 bits per heavy atom. The van der Waals surface area contributed by atoms with Gasteiger partial charge in [-0.15, -0.1) is 0 Å². The van der Waals surface area contributed by atoms with Gasteiger partial charge in [-0.1, -0.05) is 56.3 Å². The van der Waals surface area contributed by atoms with Gasteiger partial charge >= 0.3 is 0 Å². The van der Waals surface area contributed by atoms with Crippen LogP contribution in [0, 0.1) is 5.92 Å². The predicted molar refractivity (Wildman–Crippen MR) is 128 cm³/mol. The number of nitrogens with one attached hydrogen (secondary N) is 1. The summed E-state index contributed by atoms with van der Waals surface area (Å²) in [6.45, 7) is 6.12. The second kappa shape index (κ2) is 9.81. The lowest BCUT2D eigenvalue weighted by atomic mass is 9.96. The van der Waals surface area contributed by atoms with Crippen LogP contribution in [0.5, 0.6) is 0 Å². The lowest BCUT2D eigenvalue weighted by molar-refractivity contribution is -0.120. The molecule has 166 valence electrons. The molecule has 1 N–H and O–H groups in total. The summed E-state index contributed by atoms with van der Waals surface area (Å²) in [5, 5.41) is 7.45. The molecule has 0 spiro atoms. The summed E-state index contributed by atoms with van der Waals surface area (Å²) in [5.74, 6) is 0.313. The summed E-state index contributed by atoms with van der Waals surface area (Å²) in [6, 6.07) is 19.5. The molecule has 1 aliphatic heterocycles. The number of aromatic nitrogens is 2. The van der Waals surface area contributed by atoms with Gasteiger partial charge < -0.3 is 10.2 Å². The lowest BCUT2D eigenvalue weighted by Crippen LogP contribution is -2.41. The van der Waals surface area contributed by atoms with Gasteiger partial charge in [-0.3, -0.25) is 9.59 Å². The van der Waals surface area contributed by atoms with Crippen molar-refractivity contribution >= 4 is 17.3 Å². The summed E-state index contributed by atoms with van der Waals surface area (Å²) < 4.78 is 1.47. The van der Waals surface area contributed by atoms with Crippen molar-refractivity contribution in [2.75, 3.05) is 23.3 Å². The van der Waals surface area contributed by atoms with Crippen molar-refractivity contribution in [1.82, 2.24) is 9.78 Å². The van der Waals surface area contributed by atoms with Crippen LogP contribution in [-0.4, -0.2) is 28.8 Å². The summed E-state index contributed by atoms with van der Waals surface area (Å²) in [6.07, 6.45) is 3.47. The zero-order chi connectivity index (χ0) is 22.5. The molecule has 0 bridgehead atoms. The highest BCUT2D eigenvalue weighted by molar-refractivity contribution is 5.93. The minimum atomic E-state index is -0.136. The number of hydrogen-bond donors (Lipinski definition) is 1. The number of hydrogen-bond acceptors (Lipinski definition) is 4. The number of piperidine rings is 1. The monoisotopic (exact) mass is 430 g/mol. The number of rotatable bonds is 6. The largest absolute Gasteiger partial charge is 0.369 e. The summed E-state index contributed by atoms with van der Waals surface area (Å²) in [4.78, 5) is 27.7. The van der Waals surface area contributed by atoms with Gasteiger partial charge in [0.2, 0.25) is 5.91 Å². The van der Waals surface area contributed by atoms with Crippen LogP contribution < -0.4 is 15.8 Å². The molecule has 32 heavy (non-hydrogen) atoms. The first-order valence-electron chi connectivity index (χ1n) is 11.3. The van der Waals surface area contributed by atoms with E-state index in [0.717, 1.165) is 36.3 Å². The van der Waals surface area contributed by atoms with Crippen LogP contribution in [0.15, 0.2) is 71.7 Å². The van der Waals surface area contributed by atoms with Crippen LogP contribution in [-0.2, 0) is 11.3 Å². The van der Waals surface area contributed by atoms with Crippen LogP contribution in [0.2, 0.25) is 0 Å². The van der Waals surface area contributed by atoms with E-state index in [1.807, 2.05) is 48.5 Å². The summed E-state index contributed by atoms with van der Waals surface area (Å²) in [7, 11) is 0. The maximum atomic E-state index is 12.9. The van der Waals surface area contributed by atoms with E-state index < -0.39 is 0 Å². The Bertz CT molecular complexity index is 1120. The van der Waals surface area contributed by atoms with E-state index in [9.17, 15) is 9.59 Å². The zero-order valence-electron chi connectivity index (χ0n) is 18.7. The highest BCUT2D eigenvalue weighted by atomic mass is 16.2. The molecule has 0 radical (unpaired) electrons. The molecule has 2 aromatic carbocycles. The average molecular weight is 431 g/mol. The van der Waals surface area contributed by atoms with E-state index in [-0.39, 0.29) is 17.4 Å². The number of nitrogens with zero attached hydrogens (tertiary/aromatic N) is 3. The number of benzene rings is 2. The number of carbonyl (C=O) groups excluding carboxylic acids is 1. The van der Waals surface area contributed by atoms with Crippen LogP contribution in [0.4, 0.5) is 11.4 Å². The third-order valence-electron chi connectivity index (χ3n) is 6.01.